The van der Waals surface area contributed by atoms with Crippen LogP contribution in [0.2, 0.25) is 0 Å². The van der Waals surface area contributed by atoms with Crippen LogP contribution in [0.1, 0.15) is 49.7 Å². The van der Waals surface area contributed by atoms with E-state index in [-0.39, 0.29) is 41.3 Å². The highest BCUT2D eigenvalue weighted by molar-refractivity contribution is 6.27. The Hall–Kier alpha value is -3.29. The second-order valence-electron chi connectivity index (χ2n) is 6.04. The number of H-pyrrole nitrogens is 1. The zero-order valence-corrected chi connectivity index (χ0v) is 13.7. The zero-order valence-electron chi connectivity index (χ0n) is 13.7. The van der Waals surface area contributed by atoms with Crippen LogP contribution in [0.25, 0.3) is 0 Å². The number of aryl methyl sites for hydroxylation is 2. The topological polar surface area (TPSA) is 139 Å². The number of hydrogen-bond donors (Lipinski definition) is 3. The van der Waals surface area contributed by atoms with Gasteiger partial charge in [-0.15, -0.1) is 0 Å². The van der Waals surface area contributed by atoms with Crippen molar-refractivity contribution < 1.29 is 9.59 Å². The van der Waals surface area contributed by atoms with Crippen LogP contribution in [0.5, 0.6) is 0 Å². The Morgan fingerprint density at radius 2 is 1.72 bits per heavy atom. The fourth-order valence-corrected chi connectivity index (χ4v) is 3.14. The van der Waals surface area contributed by atoms with Crippen molar-refractivity contribution in [3.05, 3.63) is 66.5 Å². The van der Waals surface area contributed by atoms with Crippen LogP contribution in [0, 0.1) is 19.3 Å². The van der Waals surface area contributed by atoms with E-state index in [0.29, 0.717) is 11.1 Å². The molecule has 8 heteroatoms. The van der Waals surface area contributed by atoms with Gasteiger partial charge in [-0.2, -0.15) is 0 Å². The van der Waals surface area contributed by atoms with Crippen molar-refractivity contribution in [1.82, 2.24) is 9.55 Å². The molecule has 2 heterocycles. The molecule has 0 bridgehead atoms. The van der Waals surface area contributed by atoms with Crippen molar-refractivity contribution >= 4 is 17.4 Å². The van der Waals surface area contributed by atoms with Crippen molar-refractivity contribution in [3.8, 4) is 0 Å². The summed E-state index contributed by atoms with van der Waals surface area (Å²) in [5, 5.41) is 7.32. The van der Waals surface area contributed by atoms with Gasteiger partial charge in [0, 0.05) is 25.1 Å². The fourth-order valence-electron chi connectivity index (χ4n) is 3.14. The highest BCUT2D eigenvalue weighted by Crippen LogP contribution is 2.28. The van der Waals surface area contributed by atoms with Gasteiger partial charge in [0.1, 0.15) is 11.4 Å². The average molecular weight is 340 g/mol. The highest BCUT2D eigenvalue weighted by atomic mass is 16.2. The lowest BCUT2D eigenvalue weighted by Gasteiger charge is -2.23. The van der Waals surface area contributed by atoms with Crippen LogP contribution in [0.4, 0.5) is 0 Å². The minimum Gasteiger partial charge on any atom is -0.388 e. The molecule has 0 fully saturated rings. The van der Waals surface area contributed by atoms with Gasteiger partial charge in [-0.3, -0.25) is 24.6 Å². The highest BCUT2D eigenvalue weighted by Gasteiger charge is 2.35. The summed E-state index contributed by atoms with van der Waals surface area (Å²) < 4.78 is 1.15. The summed E-state index contributed by atoms with van der Waals surface area (Å²) in [6.45, 7) is 3.18. The predicted molar refractivity (Wildman–Crippen MR) is 90.6 cm³/mol. The lowest BCUT2D eigenvalue weighted by molar-refractivity contribution is 0.0965. The molecule has 0 unspecified atom stereocenters. The first kappa shape index (κ1) is 16.6. The zero-order chi connectivity index (χ0) is 18.5. The van der Waals surface area contributed by atoms with E-state index in [2.05, 4.69) is 4.98 Å². The number of fused-ring (bicyclic) bond motifs is 2. The standard InChI is InChI=1S/C17H16N4O4/c1-7-5-10(22)20-14-12(7)16(24)13-8(2)6-11(23)21(4-3-9(18)19)15(13)17(14)25/h5-6H,3-4H2,1-2H3,(H3,18,19)(H,20,22). The Kier molecular flexibility index (Phi) is 3.75. The number of pyridine rings is 2. The third-order valence-electron chi connectivity index (χ3n) is 4.25. The van der Waals surface area contributed by atoms with Gasteiger partial charge in [0.05, 0.1) is 17.0 Å². The van der Waals surface area contributed by atoms with Crippen LogP contribution in [0.15, 0.2) is 21.7 Å². The van der Waals surface area contributed by atoms with Crippen molar-refractivity contribution in [3.63, 3.8) is 0 Å². The summed E-state index contributed by atoms with van der Waals surface area (Å²) >= 11 is 0. The molecule has 0 spiro atoms. The third kappa shape index (κ3) is 2.51. The van der Waals surface area contributed by atoms with Crippen molar-refractivity contribution in [1.29, 1.82) is 5.41 Å². The minimum atomic E-state index is -0.588. The summed E-state index contributed by atoms with van der Waals surface area (Å²) in [6.07, 6.45) is 0.0636. The minimum absolute atomic E-state index is 0.00117. The Bertz CT molecular complexity index is 1080. The Labute approximate surface area is 141 Å². The lowest BCUT2D eigenvalue weighted by Crippen LogP contribution is -2.36. The van der Waals surface area contributed by atoms with Crippen LogP contribution in [0.3, 0.4) is 0 Å². The Morgan fingerprint density at radius 1 is 1.08 bits per heavy atom. The number of amidine groups is 1. The molecule has 3 rings (SSSR count). The normalized spacial score (nSPS) is 12.7. The predicted octanol–water partition coefficient (Wildman–Crippen LogP) is 0.255. The maximum absolute atomic E-state index is 13.0. The van der Waals surface area contributed by atoms with Gasteiger partial charge in [-0.25, -0.2) is 0 Å². The summed E-state index contributed by atoms with van der Waals surface area (Å²) in [7, 11) is 0. The number of aromatic nitrogens is 2. The first-order valence-electron chi connectivity index (χ1n) is 7.63. The molecule has 2 aromatic heterocycles. The van der Waals surface area contributed by atoms with Gasteiger partial charge in [0.2, 0.25) is 11.3 Å². The summed E-state index contributed by atoms with van der Waals surface area (Å²) in [6, 6.07) is 2.55. The molecular formula is C17H16N4O4. The largest absolute Gasteiger partial charge is 0.388 e. The number of nitrogens with zero attached hydrogens (tertiary/aromatic N) is 1. The van der Waals surface area contributed by atoms with Crippen LogP contribution in [-0.4, -0.2) is 27.0 Å². The molecule has 0 saturated heterocycles. The summed E-state index contributed by atoms with van der Waals surface area (Å²) in [5.74, 6) is -1.14. The van der Waals surface area contributed by atoms with Gasteiger partial charge in [-0.1, -0.05) is 0 Å². The smallest absolute Gasteiger partial charge is 0.251 e. The molecule has 0 aromatic carbocycles. The second kappa shape index (κ2) is 5.66. The first-order valence-corrected chi connectivity index (χ1v) is 7.63. The van der Waals surface area contributed by atoms with Gasteiger partial charge in [-0.05, 0) is 25.0 Å². The third-order valence-corrected chi connectivity index (χ3v) is 4.25. The SMILES string of the molecule is Cc1cc(=O)[nH]c2c1C(=O)c1c(C)cc(=O)n(CCC(=N)N)c1C2=O. The number of nitrogens with one attached hydrogen (secondary N) is 2. The molecule has 8 nitrogen and oxygen atoms in total. The summed E-state index contributed by atoms with van der Waals surface area (Å²) in [5.41, 5.74) is 5.32. The molecule has 0 amide bonds. The number of ketones is 2. The first-order chi connectivity index (χ1) is 11.7. The molecule has 0 aliphatic heterocycles. The molecule has 2 aromatic rings. The maximum Gasteiger partial charge on any atom is 0.251 e. The van der Waals surface area contributed by atoms with Crippen molar-refractivity contribution in [2.75, 3.05) is 0 Å². The van der Waals surface area contributed by atoms with Gasteiger partial charge in [0.25, 0.3) is 5.56 Å². The number of rotatable bonds is 3. The number of hydrogen-bond acceptors (Lipinski definition) is 5. The monoisotopic (exact) mass is 340 g/mol. The van der Waals surface area contributed by atoms with E-state index >= 15 is 0 Å². The van der Waals surface area contributed by atoms with E-state index in [1.54, 1.807) is 13.8 Å². The van der Waals surface area contributed by atoms with E-state index < -0.39 is 22.7 Å². The molecule has 4 N–H and O–H groups in total. The molecule has 128 valence electrons. The molecular weight excluding hydrogens is 324 g/mol. The van der Waals surface area contributed by atoms with E-state index in [9.17, 15) is 19.2 Å². The fraction of sp³-hybridized carbons (Fsp3) is 0.235. The summed E-state index contributed by atoms with van der Waals surface area (Å²) in [4.78, 5) is 52.4. The molecule has 0 radical (unpaired) electrons. The number of carbonyl (C=O) groups excluding carboxylic acids is 2. The van der Waals surface area contributed by atoms with Crippen LogP contribution < -0.4 is 16.9 Å². The van der Waals surface area contributed by atoms with Crippen LogP contribution >= 0.6 is 0 Å². The number of aromatic amines is 1. The molecule has 1 aliphatic carbocycles. The Balaban J connectivity index is 2.35. The van der Waals surface area contributed by atoms with Gasteiger partial charge < -0.3 is 15.3 Å². The van der Waals surface area contributed by atoms with E-state index in [1.807, 2.05) is 0 Å². The quantitative estimate of drug-likeness (QED) is 0.463. The maximum atomic E-state index is 13.0. The second-order valence-corrected chi connectivity index (χ2v) is 6.04. The van der Waals surface area contributed by atoms with E-state index in [0.717, 1.165) is 4.57 Å². The van der Waals surface area contributed by atoms with Crippen molar-refractivity contribution in [2.45, 2.75) is 26.8 Å². The van der Waals surface area contributed by atoms with E-state index in [4.69, 9.17) is 11.1 Å². The molecule has 0 atom stereocenters. The van der Waals surface area contributed by atoms with Crippen LogP contribution in [-0.2, 0) is 6.54 Å². The van der Waals surface area contributed by atoms with Gasteiger partial charge >= 0.3 is 0 Å². The average Bonchev–Trinajstić information content (AvgIpc) is 2.50. The Morgan fingerprint density at radius 3 is 2.36 bits per heavy atom. The number of carbonyl (C=O) groups is 2. The number of nitrogens with two attached hydrogens (primary N) is 1. The molecule has 0 saturated carbocycles. The molecule has 1 aliphatic rings. The van der Waals surface area contributed by atoms with E-state index in [1.165, 1.54) is 12.1 Å². The van der Waals surface area contributed by atoms with Crippen molar-refractivity contribution in [2.24, 2.45) is 5.73 Å². The van der Waals surface area contributed by atoms with Gasteiger partial charge in [0.15, 0.2) is 5.78 Å². The lowest BCUT2D eigenvalue weighted by atomic mass is 9.85. The molecule has 25 heavy (non-hydrogen) atoms.